The topological polar surface area (TPSA) is 20.3 Å². The van der Waals surface area contributed by atoms with Crippen LogP contribution in [0.15, 0.2) is 18.2 Å². The van der Waals surface area contributed by atoms with Crippen LogP contribution in [0, 0.1) is 11.6 Å². The number of likely N-dealkylation sites (N-methyl/N-ethyl adjacent to an activating group) is 1. The van der Waals surface area contributed by atoms with Crippen LogP contribution >= 0.6 is 0 Å². The van der Waals surface area contributed by atoms with Gasteiger partial charge in [-0.2, -0.15) is 0 Å². The summed E-state index contributed by atoms with van der Waals surface area (Å²) >= 11 is 0. The average Bonchev–Trinajstić information content (AvgIpc) is 2.81. The molecule has 0 aliphatic heterocycles. The van der Waals surface area contributed by atoms with Crippen LogP contribution in [0.3, 0.4) is 0 Å². The monoisotopic (exact) mass is 253 g/mol. The summed E-state index contributed by atoms with van der Waals surface area (Å²) in [4.78, 5) is 13.8. The molecule has 2 nitrogen and oxygen atoms in total. The molecule has 1 aromatic rings. The van der Waals surface area contributed by atoms with E-state index in [0.29, 0.717) is 6.04 Å². The number of ketones is 1. The lowest BCUT2D eigenvalue weighted by Crippen LogP contribution is -2.34. The Hall–Kier alpha value is -1.29. The number of hydrogen-bond acceptors (Lipinski definition) is 2. The van der Waals surface area contributed by atoms with E-state index >= 15 is 0 Å². The molecule has 1 aliphatic carbocycles. The smallest absolute Gasteiger partial charge is 0.182 e. The van der Waals surface area contributed by atoms with Gasteiger partial charge in [0.25, 0.3) is 0 Å². The molecule has 1 aromatic carbocycles. The highest BCUT2D eigenvalue weighted by atomic mass is 19.1. The highest BCUT2D eigenvalue weighted by Crippen LogP contribution is 2.23. The molecule has 1 saturated carbocycles. The zero-order valence-corrected chi connectivity index (χ0v) is 10.5. The average molecular weight is 253 g/mol. The number of benzene rings is 1. The minimum atomic E-state index is -0.778. The Morgan fingerprint density at radius 2 is 1.83 bits per heavy atom. The first kappa shape index (κ1) is 13.1. The molecule has 4 heteroatoms. The largest absolute Gasteiger partial charge is 0.296 e. The van der Waals surface area contributed by atoms with Gasteiger partial charge in [-0.25, -0.2) is 8.78 Å². The molecule has 0 heterocycles. The van der Waals surface area contributed by atoms with Crippen molar-refractivity contribution >= 4 is 5.78 Å². The van der Waals surface area contributed by atoms with Crippen LogP contribution in [0.2, 0.25) is 0 Å². The van der Waals surface area contributed by atoms with Gasteiger partial charge >= 0.3 is 0 Å². The maximum Gasteiger partial charge on any atom is 0.182 e. The maximum absolute atomic E-state index is 13.4. The van der Waals surface area contributed by atoms with Crippen LogP contribution in [0.25, 0.3) is 0 Å². The van der Waals surface area contributed by atoms with Gasteiger partial charge in [-0.05, 0) is 32.0 Å². The molecule has 18 heavy (non-hydrogen) atoms. The third-order valence-electron chi connectivity index (χ3n) is 3.58. The first-order valence-corrected chi connectivity index (χ1v) is 6.27. The van der Waals surface area contributed by atoms with E-state index in [4.69, 9.17) is 0 Å². The Morgan fingerprint density at radius 3 is 2.39 bits per heavy atom. The summed E-state index contributed by atoms with van der Waals surface area (Å²) in [6.07, 6.45) is 4.45. The van der Waals surface area contributed by atoms with Gasteiger partial charge in [-0.15, -0.1) is 0 Å². The minimum Gasteiger partial charge on any atom is -0.296 e. The SMILES string of the molecule is CN(CC(=O)c1c(F)cccc1F)C1CCCC1. The van der Waals surface area contributed by atoms with E-state index in [0.717, 1.165) is 37.8 Å². The summed E-state index contributed by atoms with van der Waals surface area (Å²) in [5, 5.41) is 0. The first-order valence-electron chi connectivity index (χ1n) is 6.27. The number of rotatable bonds is 4. The number of Topliss-reactive ketones (excluding diaryl/α,β-unsaturated/α-hetero) is 1. The Balaban J connectivity index is 2.07. The number of hydrogen-bond donors (Lipinski definition) is 0. The molecule has 1 aliphatic rings. The molecular weight excluding hydrogens is 236 g/mol. The summed E-state index contributed by atoms with van der Waals surface area (Å²) in [6.45, 7) is 0.0719. The van der Waals surface area contributed by atoms with Crippen molar-refractivity contribution in [2.45, 2.75) is 31.7 Å². The van der Waals surface area contributed by atoms with Gasteiger partial charge in [-0.3, -0.25) is 9.69 Å². The highest BCUT2D eigenvalue weighted by molar-refractivity contribution is 5.98. The van der Waals surface area contributed by atoms with Crippen molar-refractivity contribution in [2.24, 2.45) is 0 Å². The van der Waals surface area contributed by atoms with Crippen LogP contribution in [0.5, 0.6) is 0 Å². The number of carbonyl (C=O) groups is 1. The zero-order chi connectivity index (χ0) is 13.1. The van der Waals surface area contributed by atoms with E-state index < -0.39 is 23.0 Å². The summed E-state index contributed by atoms with van der Waals surface area (Å²) < 4.78 is 26.9. The minimum absolute atomic E-state index is 0.0719. The van der Waals surface area contributed by atoms with Crippen LogP contribution in [-0.4, -0.2) is 30.3 Å². The van der Waals surface area contributed by atoms with E-state index in [1.165, 1.54) is 6.07 Å². The molecule has 0 saturated heterocycles. The molecule has 0 bridgehead atoms. The molecule has 0 N–H and O–H groups in total. The lowest BCUT2D eigenvalue weighted by Gasteiger charge is -2.23. The van der Waals surface area contributed by atoms with Gasteiger partial charge < -0.3 is 0 Å². The van der Waals surface area contributed by atoms with Crippen LogP contribution in [-0.2, 0) is 0 Å². The fourth-order valence-corrected chi connectivity index (χ4v) is 2.54. The van der Waals surface area contributed by atoms with Crippen LogP contribution in [0.4, 0.5) is 8.78 Å². The van der Waals surface area contributed by atoms with Gasteiger partial charge in [0.2, 0.25) is 0 Å². The Kier molecular flexibility index (Phi) is 4.07. The van der Waals surface area contributed by atoms with E-state index in [2.05, 4.69) is 0 Å². The second kappa shape index (κ2) is 5.57. The van der Waals surface area contributed by atoms with Gasteiger partial charge in [0.1, 0.15) is 11.6 Å². The third kappa shape index (κ3) is 2.75. The van der Waals surface area contributed by atoms with Crippen molar-refractivity contribution in [2.75, 3.05) is 13.6 Å². The Bertz CT molecular complexity index is 421. The molecule has 0 atom stereocenters. The fourth-order valence-electron chi connectivity index (χ4n) is 2.54. The van der Waals surface area contributed by atoms with Crippen LogP contribution in [0.1, 0.15) is 36.0 Å². The van der Waals surface area contributed by atoms with E-state index in [1.54, 1.807) is 0 Å². The Labute approximate surface area is 106 Å². The lowest BCUT2D eigenvalue weighted by atomic mass is 10.1. The molecule has 0 radical (unpaired) electrons. The van der Waals surface area contributed by atoms with E-state index in [1.807, 2.05) is 11.9 Å². The van der Waals surface area contributed by atoms with Crippen LogP contribution < -0.4 is 0 Å². The van der Waals surface area contributed by atoms with E-state index in [-0.39, 0.29) is 6.54 Å². The number of halogens is 2. The summed E-state index contributed by atoms with van der Waals surface area (Å²) in [6, 6.07) is 3.86. The van der Waals surface area contributed by atoms with Crippen molar-refractivity contribution in [3.8, 4) is 0 Å². The van der Waals surface area contributed by atoms with Crippen molar-refractivity contribution in [3.63, 3.8) is 0 Å². The normalized spacial score (nSPS) is 16.4. The number of carbonyl (C=O) groups excluding carboxylic acids is 1. The zero-order valence-electron chi connectivity index (χ0n) is 10.5. The highest BCUT2D eigenvalue weighted by Gasteiger charge is 2.24. The summed E-state index contributed by atoms with van der Waals surface area (Å²) in [5.41, 5.74) is -0.414. The second-order valence-corrected chi connectivity index (χ2v) is 4.87. The van der Waals surface area contributed by atoms with Gasteiger partial charge in [-0.1, -0.05) is 18.9 Å². The predicted octanol–water partition coefficient (Wildman–Crippen LogP) is 3.02. The second-order valence-electron chi connectivity index (χ2n) is 4.87. The first-order chi connectivity index (χ1) is 8.59. The van der Waals surface area contributed by atoms with Crippen molar-refractivity contribution < 1.29 is 13.6 Å². The van der Waals surface area contributed by atoms with Crippen molar-refractivity contribution in [1.82, 2.24) is 4.90 Å². The predicted molar refractivity (Wildman–Crippen MR) is 65.6 cm³/mol. The Morgan fingerprint density at radius 1 is 1.28 bits per heavy atom. The van der Waals surface area contributed by atoms with E-state index in [9.17, 15) is 13.6 Å². The molecule has 0 spiro atoms. The van der Waals surface area contributed by atoms with Gasteiger partial charge in [0.05, 0.1) is 12.1 Å². The molecule has 2 rings (SSSR count). The van der Waals surface area contributed by atoms with Crippen molar-refractivity contribution in [1.29, 1.82) is 0 Å². The summed E-state index contributed by atoms with van der Waals surface area (Å²) in [5.74, 6) is -2.04. The van der Waals surface area contributed by atoms with Gasteiger partial charge in [0, 0.05) is 6.04 Å². The summed E-state index contributed by atoms with van der Waals surface area (Å²) in [7, 11) is 1.84. The molecular formula is C14H17F2NO. The molecule has 98 valence electrons. The molecule has 0 amide bonds. The van der Waals surface area contributed by atoms with Gasteiger partial charge in [0.15, 0.2) is 5.78 Å². The molecule has 0 unspecified atom stereocenters. The standard InChI is InChI=1S/C14H17F2NO/c1-17(10-5-2-3-6-10)9-13(18)14-11(15)7-4-8-12(14)16/h4,7-8,10H,2-3,5-6,9H2,1H3. The van der Waals surface area contributed by atoms with Crippen molar-refractivity contribution in [3.05, 3.63) is 35.4 Å². The molecule has 1 fully saturated rings. The fraction of sp³-hybridized carbons (Fsp3) is 0.500. The maximum atomic E-state index is 13.4. The lowest BCUT2D eigenvalue weighted by molar-refractivity contribution is 0.0912. The molecule has 0 aromatic heterocycles. The quantitative estimate of drug-likeness (QED) is 0.769. The third-order valence-corrected chi connectivity index (χ3v) is 3.58. The number of nitrogens with zero attached hydrogens (tertiary/aromatic N) is 1.